The molecular formula is C28H36N2O6. The first kappa shape index (κ1) is 26.1. The fraction of sp³-hybridized carbons (Fsp3) is 0.536. The molecule has 6 atom stereocenters. The lowest BCUT2D eigenvalue weighted by molar-refractivity contribution is -0.196. The summed E-state index contributed by atoms with van der Waals surface area (Å²) in [6.45, 7) is 8.12. The Balaban J connectivity index is 1.93. The van der Waals surface area contributed by atoms with Gasteiger partial charge in [-0.1, -0.05) is 37.6 Å². The Labute approximate surface area is 212 Å². The Kier molecular flexibility index (Phi) is 6.88. The van der Waals surface area contributed by atoms with Crippen molar-refractivity contribution in [3.05, 3.63) is 59.2 Å². The molecule has 1 aromatic rings. The zero-order chi connectivity index (χ0) is 26.4. The van der Waals surface area contributed by atoms with Crippen LogP contribution < -0.4 is 0 Å². The highest BCUT2D eigenvalue weighted by atomic mass is 16.6. The lowest BCUT2D eigenvalue weighted by atomic mass is 9.63. The predicted octanol–water partition coefficient (Wildman–Crippen LogP) is 3.90. The number of carboxylic acid groups (broad SMARTS) is 1. The Morgan fingerprint density at radius 3 is 2.64 bits per heavy atom. The average molecular weight is 497 g/mol. The third-order valence-corrected chi connectivity index (χ3v) is 8.11. The van der Waals surface area contributed by atoms with Gasteiger partial charge in [0.1, 0.15) is 0 Å². The van der Waals surface area contributed by atoms with Gasteiger partial charge in [-0.05, 0) is 62.5 Å². The number of aryl methyl sites for hydroxylation is 1. The summed E-state index contributed by atoms with van der Waals surface area (Å²) < 4.78 is 13.1. The van der Waals surface area contributed by atoms with Crippen molar-refractivity contribution in [2.45, 2.75) is 51.9 Å². The van der Waals surface area contributed by atoms with Crippen molar-refractivity contribution in [2.75, 3.05) is 7.11 Å². The van der Waals surface area contributed by atoms with Crippen LogP contribution in [0.5, 0.6) is 0 Å². The average Bonchev–Trinajstić information content (AvgIpc) is 3.37. The van der Waals surface area contributed by atoms with E-state index in [0.717, 1.165) is 12.0 Å². The topological polar surface area (TPSA) is 111 Å². The predicted molar refractivity (Wildman–Crippen MR) is 134 cm³/mol. The van der Waals surface area contributed by atoms with E-state index in [1.807, 2.05) is 13.1 Å². The highest BCUT2D eigenvalue weighted by Crippen LogP contribution is 2.51. The Morgan fingerprint density at radius 2 is 2.06 bits per heavy atom. The van der Waals surface area contributed by atoms with Crippen LogP contribution >= 0.6 is 0 Å². The van der Waals surface area contributed by atoms with Crippen LogP contribution in [0.25, 0.3) is 6.08 Å². The minimum Gasteiger partial charge on any atom is -0.478 e. The molecule has 36 heavy (non-hydrogen) atoms. The van der Waals surface area contributed by atoms with Gasteiger partial charge in [-0.3, -0.25) is 0 Å². The molecule has 0 aromatic carbocycles. The SMILES string of the molecule is COC(=O)C1=C[C@H]2[C@@H](C(C)C)CC=C(C)[C@@H]2C[C@@H](C(=Cc2cn(C)cn2)C(=O)O)[C@]2(C)C=C[C@@]1(O)O2. The van der Waals surface area contributed by atoms with Crippen LogP contribution in [0.15, 0.2) is 53.5 Å². The summed E-state index contributed by atoms with van der Waals surface area (Å²) in [5.74, 6) is -4.06. The summed E-state index contributed by atoms with van der Waals surface area (Å²) in [6.07, 6.45) is 13.4. The van der Waals surface area contributed by atoms with Crippen LogP contribution in [-0.4, -0.2) is 50.2 Å². The third kappa shape index (κ3) is 4.60. The summed E-state index contributed by atoms with van der Waals surface area (Å²) in [6, 6.07) is 0. The minimum atomic E-state index is -2.03. The number of allylic oxidation sites excluding steroid dienone is 3. The van der Waals surface area contributed by atoms with Gasteiger partial charge in [0.25, 0.3) is 0 Å². The molecule has 0 spiro atoms. The molecule has 0 unspecified atom stereocenters. The number of esters is 1. The monoisotopic (exact) mass is 496 g/mol. The molecule has 4 rings (SSSR count). The van der Waals surface area contributed by atoms with Crippen LogP contribution in [0, 0.1) is 29.6 Å². The van der Waals surface area contributed by atoms with Gasteiger partial charge >= 0.3 is 11.9 Å². The van der Waals surface area contributed by atoms with Crippen molar-refractivity contribution in [1.82, 2.24) is 9.55 Å². The standard InChI is InChI=1S/C28H36N2O6/c1-16(2)19-8-7-17(3)20-12-23(22(25(31)32)11-18-14-30(5)15-29-18)27(4)9-10-28(34,36-27)24(13-21(19)20)26(33)35-6/h7,9-11,13-16,19-21,23,34H,8,12H2,1-6H3,(H,31,32)/t19-,20+,21+,23+,27+,28-/m1/s1. The summed E-state index contributed by atoms with van der Waals surface area (Å²) in [7, 11) is 3.10. The van der Waals surface area contributed by atoms with Gasteiger partial charge in [0.05, 0.1) is 30.3 Å². The lowest BCUT2D eigenvalue weighted by Crippen LogP contribution is -2.44. The van der Waals surface area contributed by atoms with E-state index in [1.165, 1.54) is 13.2 Å². The second-order valence-electron chi connectivity index (χ2n) is 10.8. The number of methoxy groups -OCH3 is 1. The Hall–Kier alpha value is -2.97. The molecule has 0 saturated heterocycles. The highest BCUT2D eigenvalue weighted by Gasteiger charge is 2.54. The Morgan fingerprint density at radius 1 is 1.33 bits per heavy atom. The van der Waals surface area contributed by atoms with Crippen molar-refractivity contribution in [3.63, 3.8) is 0 Å². The number of carbonyl (C=O) groups is 2. The quantitative estimate of drug-likeness (QED) is 0.361. The van der Waals surface area contributed by atoms with Gasteiger partial charge in [0, 0.05) is 24.7 Å². The van der Waals surface area contributed by atoms with Crippen molar-refractivity contribution >= 4 is 18.0 Å². The van der Waals surface area contributed by atoms with Gasteiger partial charge in [-0.15, -0.1) is 0 Å². The molecule has 0 amide bonds. The summed E-state index contributed by atoms with van der Waals surface area (Å²) >= 11 is 0. The smallest absolute Gasteiger partial charge is 0.339 e. The first-order valence-corrected chi connectivity index (χ1v) is 12.4. The van der Waals surface area contributed by atoms with E-state index in [9.17, 15) is 19.8 Å². The number of fused-ring (bicyclic) bond motifs is 3. The van der Waals surface area contributed by atoms with Gasteiger partial charge in [0.2, 0.25) is 5.79 Å². The number of hydrogen-bond acceptors (Lipinski definition) is 6. The molecule has 2 bridgehead atoms. The number of nitrogens with zero attached hydrogens (tertiary/aromatic N) is 2. The second-order valence-corrected chi connectivity index (χ2v) is 10.8. The highest BCUT2D eigenvalue weighted by molar-refractivity contribution is 5.93. The molecule has 0 saturated carbocycles. The van der Waals surface area contributed by atoms with Crippen LogP contribution in [0.2, 0.25) is 0 Å². The van der Waals surface area contributed by atoms with Crippen LogP contribution in [-0.2, 0) is 26.1 Å². The van der Waals surface area contributed by atoms with Gasteiger partial charge in [-0.2, -0.15) is 0 Å². The van der Waals surface area contributed by atoms with Crippen LogP contribution in [0.4, 0.5) is 0 Å². The molecule has 194 valence electrons. The Bertz CT molecular complexity index is 1170. The molecule has 0 fully saturated rings. The molecule has 8 nitrogen and oxygen atoms in total. The number of aliphatic carboxylic acids is 1. The van der Waals surface area contributed by atoms with Crippen LogP contribution in [0.1, 0.15) is 46.2 Å². The molecule has 2 N–H and O–H groups in total. The maximum Gasteiger partial charge on any atom is 0.339 e. The first-order valence-electron chi connectivity index (χ1n) is 12.4. The van der Waals surface area contributed by atoms with E-state index in [2.05, 4.69) is 31.8 Å². The number of rotatable bonds is 5. The molecule has 0 radical (unpaired) electrons. The molecule has 1 aromatic heterocycles. The first-order chi connectivity index (χ1) is 16.9. The number of aromatic nitrogens is 2. The number of carboxylic acids is 1. The third-order valence-electron chi connectivity index (χ3n) is 8.11. The molecule has 3 heterocycles. The van der Waals surface area contributed by atoms with E-state index < -0.39 is 29.2 Å². The maximum absolute atomic E-state index is 12.9. The number of ether oxygens (including phenoxy) is 2. The van der Waals surface area contributed by atoms with Crippen molar-refractivity contribution in [2.24, 2.45) is 36.6 Å². The number of hydrogen-bond donors (Lipinski definition) is 2. The molecular weight excluding hydrogens is 460 g/mol. The fourth-order valence-electron chi connectivity index (χ4n) is 6.08. The van der Waals surface area contributed by atoms with Gasteiger partial charge in [0.15, 0.2) is 0 Å². The zero-order valence-electron chi connectivity index (χ0n) is 21.8. The maximum atomic E-state index is 12.9. The van der Waals surface area contributed by atoms with E-state index in [0.29, 0.717) is 18.0 Å². The summed E-state index contributed by atoms with van der Waals surface area (Å²) in [5.41, 5.74) is 0.649. The largest absolute Gasteiger partial charge is 0.478 e. The van der Waals surface area contributed by atoms with Gasteiger partial charge in [-0.25, -0.2) is 14.6 Å². The van der Waals surface area contributed by atoms with E-state index >= 15 is 0 Å². The molecule has 3 aliphatic rings. The summed E-state index contributed by atoms with van der Waals surface area (Å²) in [5, 5.41) is 22.0. The molecule has 1 aliphatic carbocycles. The normalized spacial score (nSPS) is 34.3. The fourth-order valence-corrected chi connectivity index (χ4v) is 6.08. The van der Waals surface area contributed by atoms with E-state index in [4.69, 9.17) is 9.47 Å². The van der Waals surface area contributed by atoms with E-state index in [-0.39, 0.29) is 28.9 Å². The van der Waals surface area contributed by atoms with Gasteiger partial charge < -0.3 is 24.3 Å². The van der Waals surface area contributed by atoms with Crippen molar-refractivity contribution in [1.29, 1.82) is 0 Å². The van der Waals surface area contributed by atoms with E-state index in [1.54, 1.807) is 36.2 Å². The van der Waals surface area contributed by atoms with Crippen molar-refractivity contribution in [3.8, 4) is 0 Å². The molecule has 2 aliphatic heterocycles. The van der Waals surface area contributed by atoms with Crippen LogP contribution in [0.3, 0.4) is 0 Å². The lowest BCUT2D eigenvalue weighted by Gasteiger charge is -2.42. The number of carbonyl (C=O) groups excluding carboxylic acids is 1. The number of aliphatic hydroxyl groups is 1. The zero-order valence-corrected chi connectivity index (χ0v) is 21.8. The van der Waals surface area contributed by atoms with Crippen molar-refractivity contribution < 1.29 is 29.3 Å². The molecule has 8 heteroatoms. The second kappa shape index (κ2) is 9.48. The summed E-state index contributed by atoms with van der Waals surface area (Å²) in [4.78, 5) is 29.9. The number of imidazole rings is 1. The minimum absolute atomic E-state index is 0.0338.